The van der Waals surface area contributed by atoms with E-state index in [1.54, 1.807) is 0 Å². The quantitative estimate of drug-likeness (QED) is 0.748. The van der Waals surface area contributed by atoms with Gasteiger partial charge in [-0.2, -0.15) is 0 Å². The first-order valence-electron chi connectivity index (χ1n) is 6.05. The molecule has 98 valence electrons. The van der Waals surface area contributed by atoms with E-state index in [-0.39, 0.29) is 12.7 Å². The van der Waals surface area contributed by atoms with E-state index in [2.05, 4.69) is 0 Å². The van der Waals surface area contributed by atoms with E-state index in [9.17, 15) is 10.2 Å². The van der Waals surface area contributed by atoms with Crippen LogP contribution >= 0.6 is 0 Å². The Labute approximate surface area is 105 Å². The zero-order valence-electron chi connectivity index (χ0n) is 9.81. The van der Waals surface area contributed by atoms with Crippen LogP contribution in [0, 0.1) is 0 Å². The molecule has 2 aliphatic rings. The lowest BCUT2D eigenvalue weighted by atomic mass is 9.99. The van der Waals surface area contributed by atoms with Crippen molar-refractivity contribution in [3.63, 3.8) is 0 Å². The predicted molar refractivity (Wildman–Crippen MR) is 61.8 cm³/mol. The van der Waals surface area contributed by atoms with Gasteiger partial charge in [0.15, 0.2) is 6.29 Å². The number of hydrogen-bond donors (Lipinski definition) is 2. The van der Waals surface area contributed by atoms with Crippen LogP contribution in [0.4, 0.5) is 0 Å². The van der Waals surface area contributed by atoms with Crippen molar-refractivity contribution in [3.8, 4) is 0 Å². The Morgan fingerprint density at radius 2 is 1.78 bits per heavy atom. The normalized spacial score (nSPS) is 40.2. The molecule has 2 N–H and O–H groups in total. The second kappa shape index (κ2) is 4.95. The molecule has 0 aromatic heterocycles. The van der Waals surface area contributed by atoms with Crippen LogP contribution in [-0.2, 0) is 14.2 Å². The molecular formula is C13H16O5. The smallest absolute Gasteiger partial charge is 0.184 e. The Kier molecular flexibility index (Phi) is 3.32. The number of benzene rings is 1. The summed E-state index contributed by atoms with van der Waals surface area (Å²) in [7, 11) is 0. The van der Waals surface area contributed by atoms with Crippen molar-refractivity contribution < 1.29 is 24.4 Å². The third-order valence-corrected chi connectivity index (χ3v) is 3.34. The summed E-state index contributed by atoms with van der Waals surface area (Å²) in [6, 6.07) is 9.51. The van der Waals surface area contributed by atoms with Crippen LogP contribution in [0.15, 0.2) is 30.3 Å². The van der Waals surface area contributed by atoms with Gasteiger partial charge in [-0.25, -0.2) is 0 Å². The van der Waals surface area contributed by atoms with E-state index in [4.69, 9.17) is 14.2 Å². The van der Waals surface area contributed by atoms with Crippen LogP contribution in [0.1, 0.15) is 11.9 Å². The second-order valence-electron chi connectivity index (χ2n) is 4.61. The molecule has 2 heterocycles. The molecule has 0 radical (unpaired) electrons. The number of aliphatic hydroxyl groups is 2. The highest BCUT2D eigenvalue weighted by Crippen LogP contribution is 2.31. The number of hydrogen-bond acceptors (Lipinski definition) is 5. The average molecular weight is 252 g/mol. The molecule has 2 fully saturated rings. The minimum Gasteiger partial charge on any atom is -0.388 e. The average Bonchev–Trinajstić information content (AvgIpc) is 2.44. The fourth-order valence-electron chi connectivity index (χ4n) is 2.31. The Balaban J connectivity index is 1.75. The van der Waals surface area contributed by atoms with Gasteiger partial charge in [-0.05, 0) is 0 Å². The minimum atomic E-state index is -0.932. The Morgan fingerprint density at radius 3 is 2.56 bits per heavy atom. The highest BCUT2D eigenvalue weighted by molar-refractivity contribution is 5.16. The van der Waals surface area contributed by atoms with Crippen molar-refractivity contribution in [2.75, 3.05) is 13.2 Å². The molecule has 5 nitrogen and oxygen atoms in total. The summed E-state index contributed by atoms with van der Waals surface area (Å²) >= 11 is 0. The fourth-order valence-corrected chi connectivity index (χ4v) is 2.31. The monoisotopic (exact) mass is 252 g/mol. The standard InChI is InChI=1S/C13H16O5/c14-9-6-16-10-7-17-13(18-12(10)11(9)15)8-4-2-1-3-5-8/h1-5,9-15H,6-7H2/t9?,10?,11?,12-,13?/m1/s1. The minimum absolute atomic E-state index is 0.116. The second-order valence-corrected chi connectivity index (χ2v) is 4.61. The first kappa shape index (κ1) is 12.1. The molecule has 0 spiro atoms. The zero-order valence-corrected chi connectivity index (χ0v) is 9.81. The highest BCUT2D eigenvalue weighted by atomic mass is 16.7. The molecule has 0 aliphatic carbocycles. The summed E-state index contributed by atoms with van der Waals surface area (Å²) in [5, 5.41) is 19.5. The molecule has 1 aromatic carbocycles. The molecule has 0 amide bonds. The summed E-state index contributed by atoms with van der Waals surface area (Å²) in [5.74, 6) is 0. The van der Waals surface area contributed by atoms with Crippen molar-refractivity contribution in [2.24, 2.45) is 0 Å². The van der Waals surface area contributed by atoms with Crippen LogP contribution in [0.5, 0.6) is 0 Å². The number of rotatable bonds is 1. The van der Waals surface area contributed by atoms with E-state index < -0.39 is 24.6 Å². The topological polar surface area (TPSA) is 68.2 Å². The van der Waals surface area contributed by atoms with Gasteiger partial charge < -0.3 is 24.4 Å². The first-order chi connectivity index (χ1) is 8.75. The van der Waals surface area contributed by atoms with Crippen molar-refractivity contribution >= 4 is 0 Å². The van der Waals surface area contributed by atoms with Gasteiger partial charge in [-0.1, -0.05) is 30.3 Å². The molecule has 5 atom stereocenters. The van der Waals surface area contributed by atoms with Crippen molar-refractivity contribution in [1.82, 2.24) is 0 Å². The third-order valence-electron chi connectivity index (χ3n) is 3.34. The van der Waals surface area contributed by atoms with Gasteiger partial charge >= 0.3 is 0 Å². The molecule has 18 heavy (non-hydrogen) atoms. The third kappa shape index (κ3) is 2.15. The van der Waals surface area contributed by atoms with Crippen LogP contribution in [0.25, 0.3) is 0 Å². The first-order valence-corrected chi connectivity index (χ1v) is 6.05. The summed E-state index contributed by atoms with van der Waals surface area (Å²) in [5.41, 5.74) is 0.892. The molecule has 0 bridgehead atoms. The molecule has 3 rings (SSSR count). The molecular weight excluding hydrogens is 236 g/mol. The lowest BCUT2D eigenvalue weighted by Crippen LogP contribution is -2.58. The van der Waals surface area contributed by atoms with E-state index in [1.807, 2.05) is 30.3 Å². The SMILES string of the molecule is OC1COC2COC(c3ccccc3)O[C@H]2C1O. The molecule has 2 aliphatic heterocycles. The van der Waals surface area contributed by atoms with E-state index >= 15 is 0 Å². The van der Waals surface area contributed by atoms with Gasteiger partial charge in [-0.3, -0.25) is 0 Å². The summed E-state index contributed by atoms with van der Waals surface area (Å²) in [4.78, 5) is 0. The van der Waals surface area contributed by atoms with Crippen molar-refractivity contribution in [3.05, 3.63) is 35.9 Å². The predicted octanol–water partition coefficient (Wildman–Crippen LogP) is 0.221. The molecule has 2 saturated heterocycles. The van der Waals surface area contributed by atoms with Crippen LogP contribution in [0.2, 0.25) is 0 Å². The van der Waals surface area contributed by atoms with Crippen LogP contribution < -0.4 is 0 Å². The number of fused-ring (bicyclic) bond motifs is 1. The van der Waals surface area contributed by atoms with E-state index in [0.29, 0.717) is 6.61 Å². The molecule has 1 aromatic rings. The Hall–Kier alpha value is -0.980. The fraction of sp³-hybridized carbons (Fsp3) is 0.538. The maximum absolute atomic E-state index is 9.93. The van der Waals surface area contributed by atoms with Crippen LogP contribution in [-0.4, -0.2) is 47.8 Å². The maximum atomic E-state index is 9.93. The number of aliphatic hydroxyl groups excluding tert-OH is 2. The maximum Gasteiger partial charge on any atom is 0.184 e. The van der Waals surface area contributed by atoms with Gasteiger partial charge in [0.1, 0.15) is 24.4 Å². The highest BCUT2D eigenvalue weighted by Gasteiger charge is 2.44. The van der Waals surface area contributed by atoms with Crippen molar-refractivity contribution in [2.45, 2.75) is 30.7 Å². The largest absolute Gasteiger partial charge is 0.388 e. The van der Waals surface area contributed by atoms with E-state index in [1.165, 1.54) is 0 Å². The Morgan fingerprint density at radius 1 is 1.00 bits per heavy atom. The van der Waals surface area contributed by atoms with E-state index in [0.717, 1.165) is 5.56 Å². The molecule has 5 heteroatoms. The summed E-state index contributed by atoms with van der Waals surface area (Å²) in [6.45, 7) is 0.471. The van der Waals surface area contributed by atoms with Gasteiger partial charge in [-0.15, -0.1) is 0 Å². The molecule has 4 unspecified atom stereocenters. The van der Waals surface area contributed by atoms with Crippen molar-refractivity contribution in [1.29, 1.82) is 0 Å². The van der Waals surface area contributed by atoms with Crippen LogP contribution in [0.3, 0.4) is 0 Å². The molecule has 0 saturated carbocycles. The van der Waals surface area contributed by atoms with Gasteiger partial charge in [0.05, 0.1) is 13.2 Å². The lowest BCUT2D eigenvalue weighted by Gasteiger charge is -2.43. The summed E-state index contributed by atoms with van der Waals surface area (Å²) in [6.07, 6.45) is -3.22. The zero-order chi connectivity index (χ0) is 12.5. The lowest BCUT2D eigenvalue weighted by molar-refractivity contribution is -0.314. The number of ether oxygens (including phenoxy) is 3. The van der Waals surface area contributed by atoms with Gasteiger partial charge in [0.2, 0.25) is 0 Å². The van der Waals surface area contributed by atoms with Gasteiger partial charge in [0.25, 0.3) is 0 Å². The Bertz CT molecular complexity index is 394. The summed E-state index contributed by atoms with van der Waals surface area (Å²) < 4.78 is 16.7. The van der Waals surface area contributed by atoms with Gasteiger partial charge in [0, 0.05) is 5.56 Å².